The van der Waals surface area contributed by atoms with Crippen molar-refractivity contribution in [2.45, 2.75) is 32.6 Å². The van der Waals surface area contributed by atoms with Gasteiger partial charge in [-0.05, 0) is 17.4 Å². The van der Waals surface area contributed by atoms with E-state index in [-0.39, 0.29) is 15.2 Å². The zero-order valence-electron chi connectivity index (χ0n) is 11.4. The van der Waals surface area contributed by atoms with E-state index in [9.17, 15) is 13.2 Å². The molecule has 0 amide bonds. The lowest BCUT2D eigenvalue weighted by molar-refractivity contribution is 0.0702. The van der Waals surface area contributed by atoms with Crippen LogP contribution in [0.2, 0.25) is 0 Å². The molecule has 108 valence electrons. The van der Waals surface area contributed by atoms with Crippen LogP contribution in [0.15, 0.2) is 16.3 Å². The second-order valence-corrected chi connectivity index (χ2v) is 8.10. The molecule has 19 heavy (non-hydrogen) atoms. The van der Waals surface area contributed by atoms with Crippen LogP contribution >= 0.6 is 11.3 Å². The topological polar surface area (TPSA) is 83.5 Å². The first-order valence-corrected chi connectivity index (χ1v) is 8.24. The number of carbonyl (C=O) groups is 1. The van der Waals surface area contributed by atoms with Crippen LogP contribution in [0, 0.1) is 11.3 Å². The number of aromatic carboxylic acids is 1. The van der Waals surface area contributed by atoms with Crippen molar-refractivity contribution in [1.82, 2.24) is 4.72 Å². The summed E-state index contributed by atoms with van der Waals surface area (Å²) in [6.07, 6.45) is 0. The van der Waals surface area contributed by atoms with Crippen molar-refractivity contribution in [1.29, 1.82) is 0 Å². The standard InChI is InChI=1S/C12H19NO4S2/c1-8(2)12(3,4)7-13-19(16,17)9-5-10(11(14)15)18-6-9/h5-6,8,13H,7H2,1-4H3,(H,14,15). The number of hydrogen-bond donors (Lipinski definition) is 2. The van der Waals surface area contributed by atoms with Gasteiger partial charge in [-0.3, -0.25) is 0 Å². The van der Waals surface area contributed by atoms with Gasteiger partial charge in [0.2, 0.25) is 10.0 Å². The highest BCUT2D eigenvalue weighted by Crippen LogP contribution is 2.26. The van der Waals surface area contributed by atoms with E-state index in [1.165, 1.54) is 11.4 Å². The van der Waals surface area contributed by atoms with Crippen molar-refractivity contribution < 1.29 is 18.3 Å². The van der Waals surface area contributed by atoms with E-state index >= 15 is 0 Å². The van der Waals surface area contributed by atoms with E-state index in [1.54, 1.807) is 0 Å². The lowest BCUT2D eigenvalue weighted by atomic mass is 9.81. The smallest absolute Gasteiger partial charge is 0.345 e. The molecule has 0 saturated heterocycles. The number of carboxylic acids is 1. The van der Waals surface area contributed by atoms with E-state index < -0.39 is 16.0 Å². The Kier molecular flexibility index (Phi) is 4.76. The summed E-state index contributed by atoms with van der Waals surface area (Å²) in [5, 5.41) is 10.1. The first-order chi connectivity index (χ1) is 8.56. The summed E-state index contributed by atoms with van der Waals surface area (Å²) < 4.78 is 26.6. The Morgan fingerprint density at radius 1 is 1.47 bits per heavy atom. The number of carboxylic acid groups (broad SMARTS) is 1. The summed E-state index contributed by atoms with van der Waals surface area (Å²) >= 11 is 0.905. The SMILES string of the molecule is CC(C)C(C)(C)CNS(=O)(=O)c1csc(C(=O)O)c1. The third-order valence-corrected chi connectivity index (χ3v) is 5.83. The molecule has 2 N–H and O–H groups in total. The Morgan fingerprint density at radius 3 is 2.47 bits per heavy atom. The molecule has 0 aromatic carbocycles. The van der Waals surface area contributed by atoms with Gasteiger partial charge < -0.3 is 5.11 Å². The van der Waals surface area contributed by atoms with Crippen molar-refractivity contribution in [3.05, 3.63) is 16.3 Å². The van der Waals surface area contributed by atoms with Gasteiger partial charge in [0, 0.05) is 11.9 Å². The lowest BCUT2D eigenvalue weighted by Gasteiger charge is -2.29. The van der Waals surface area contributed by atoms with Crippen molar-refractivity contribution >= 4 is 27.3 Å². The fourth-order valence-electron chi connectivity index (χ4n) is 1.14. The van der Waals surface area contributed by atoms with E-state index in [2.05, 4.69) is 4.72 Å². The number of nitrogens with one attached hydrogen (secondary N) is 1. The molecular formula is C12H19NO4S2. The molecule has 1 heterocycles. The van der Waals surface area contributed by atoms with Gasteiger partial charge in [-0.2, -0.15) is 0 Å². The van der Waals surface area contributed by atoms with E-state index in [4.69, 9.17) is 5.11 Å². The van der Waals surface area contributed by atoms with Gasteiger partial charge in [-0.15, -0.1) is 11.3 Å². The van der Waals surface area contributed by atoms with Gasteiger partial charge in [0.05, 0.1) is 4.90 Å². The molecular weight excluding hydrogens is 286 g/mol. The Balaban J connectivity index is 2.84. The molecule has 0 spiro atoms. The van der Waals surface area contributed by atoms with Crippen LogP contribution in [-0.4, -0.2) is 26.0 Å². The maximum absolute atomic E-state index is 12.0. The lowest BCUT2D eigenvalue weighted by Crippen LogP contribution is -2.36. The summed E-state index contributed by atoms with van der Waals surface area (Å²) in [4.78, 5) is 10.8. The molecule has 0 fully saturated rings. The molecule has 0 atom stereocenters. The molecule has 7 heteroatoms. The van der Waals surface area contributed by atoms with Crippen LogP contribution in [0.5, 0.6) is 0 Å². The van der Waals surface area contributed by atoms with Gasteiger partial charge >= 0.3 is 5.97 Å². The summed E-state index contributed by atoms with van der Waals surface area (Å²) in [6.45, 7) is 8.33. The van der Waals surface area contributed by atoms with Gasteiger partial charge in [0.15, 0.2) is 0 Å². The van der Waals surface area contributed by atoms with Gasteiger partial charge in [0.1, 0.15) is 4.88 Å². The average Bonchev–Trinajstić information content (AvgIpc) is 2.76. The van der Waals surface area contributed by atoms with Crippen molar-refractivity contribution in [3.63, 3.8) is 0 Å². The van der Waals surface area contributed by atoms with Crippen LogP contribution < -0.4 is 4.72 Å². The van der Waals surface area contributed by atoms with E-state index in [1.807, 2.05) is 27.7 Å². The van der Waals surface area contributed by atoms with Crippen LogP contribution in [0.25, 0.3) is 0 Å². The fourth-order valence-corrected chi connectivity index (χ4v) is 3.47. The van der Waals surface area contributed by atoms with Crippen molar-refractivity contribution in [2.75, 3.05) is 6.54 Å². The van der Waals surface area contributed by atoms with Crippen LogP contribution in [0.1, 0.15) is 37.4 Å². The summed E-state index contributed by atoms with van der Waals surface area (Å²) in [6, 6.07) is 1.18. The predicted octanol–water partition coefficient (Wildman–Crippen LogP) is 2.41. The van der Waals surface area contributed by atoms with Gasteiger partial charge in [-0.25, -0.2) is 17.9 Å². The van der Waals surface area contributed by atoms with Crippen LogP contribution in [0.4, 0.5) is 0 Å². The highest BCUT2D eigenvalue weighted by molar-refractivity contribution is 7.89. The maximum Gasteiger partial charge on any atom is 0.345 e. The molecule has 0 aliphatic carbocycles. The van der Waals surface area contributed by atoms with Gasteiger partial charge in [0.25, 0.3) is 0 Å². The van der Waals surface area contributed by atoms with E-state index in [0.717, 1.165) is 11.3 Å². The third-order valence-electron chi connectivity index (χ3n) is 3.38. The normalized spacial score (nSPS) is 12.9. The zero-order chi connectivity index (χ0) is 14.8. The zero-order valence-corrected chi connectivity index (χ0v) is 13.1. The van der Waals surface area contributed by atoms with Crippen molar-refractivity contribution in [2.24, 2.45) is 11.3 Å². The second-order valence-electron chi connectivity index (χ2n) is 5.42. The van der Waals surface area contributed by atoms with Crippen LogP contribution in [0.3, 0.4) is 0 Å². The molecule has 0 bridgehead atoms. The molecule has 1 aromatic rings. The minimum atomic E-state index is -3.64. The second kappa shape index (κ2) is 5.60. The van der Waals surface area contributed by atoms with Crippen LogP contribution in [-0.2, 0) is 10.0 Å². The Labute approximate surface area is 117 Å². The molecule has 1 rings (SSSR count). The molecule has 0 aliphatic heterocycles. The molecule has 1 aromatic heterocycles. The first kappa shape index (κ1) is 16.1. The number of sulfonamides is 1. The Bertz CT molecular complexity index is 558. The number of hydrogen-bond acceptors (Lipinski definition) is 4. The quantitative estimate of drug-likeness (QED) is 0.845. The minimum Gasteiger partial charge on any atom is -0.477 e. The first-order valence-electron chi connectivity index (χ1n) is 5.88. The Hall–Kier alpha value is -0.920. The molecule has 0 unspecified atom stereocenters. The highest BCUT2D eigenvalue weighted by Gasteiger charge is 2.26. The summed E-state index contributed by atoms with van der Waals surface area (Å²) in [5.74, 6) is -0.791. The minimum absolute atomic E-state index is 0.00876. The van der Waals surface area contributed by atoms with E-state index in [0.29, 0.717) is 12.5 Å². The highest BCUT2D eigenvalue weighted by atomic mass is 32.2. The average molecular weight is 305 g/mol. The third kappa shape index (κ3) is 4.02. The Morgan fingerprint density at radius 2 is 2.05 bits per heavy atom. The molecule has 0 saturated carbocycles. The molecule has 0 aliphatic rings. The summed E-state index contributed by atoms with van der Waals surface area (Å²) in [5.41, 5.74) is -0.168. The maximum atomic E-state index is 12.0. The van der Waals surface area contributed by atoms with Gasteiger partial charge in [-0.1, -0.05) is 27.7 Å². The molecule has 0 radical (unpaired) electrons. The summed E-state index contributed by atoms with van der Waals surface area (Å²) in [7, 11) is -3.64. The molecule has 5 nitrogen and oxygen atoms in total. The number of thiophene rings is 1. The monoisotopic (exact) mass is 305 g/mol. The number of rotatable bonds is 6. The fraction of sp³-hybridized carbons (Fsp3) is 0.583. The van der Waals surface area contributed by atoms with Crippen molar-refractivity contribution in [3.8, 4) is 0 Å². The predicted molar refractivity (Wildman–Crippen MR) is 75.1 cm³/mol. The largest absolute Gasteiger partial charge is 0.477 e.